The first-order chi connectivity index (χ1) is 16.0. The molecule has 1 heterocycles. The van der Waals surface area contributed by atoms with Gasteiger partial charge in [0.05, 0.1) is 11.6 Å². The second kappa shape index (κ2) is 8.32. The number of ketones is 1. The first kappa shape index (κ1) is 21.1. The molecule has 3 aromatic rings. The second-order valence-corrected chi connectivity index (χ2v) is 8.67. The molecule has 1 fully saturated rings. The molecule has 1 unspecified atom stereocenters. The average Bonchev–Trinajstić information content (AvgIpc) is 3.09. The van der Waals surface area contributed by atoms with Crippen LogP contribution < -0.4 is 4.90 Å². The summed E-state index contributed by atoms with van der Waals surface area (Å²) in [5.41, 5.74) is 4.21. The Bertz CT molecular complexity index is 1310. The molecule has 5 rings (SSSR count). The first-order valence-corrected chi connectivity index (χ1v) is 11.2. The molecule has 1 atom stereocenters. The highest BCUT2D eigenvalue weighted by atomic mass is 19.1. The molecule has 0 spiro atoms. The molecule has 2 aliphatic rings. The third kappa shape index (κ3) is 3.54. The quantitative estimate of drug-likeness (QED) is 0.325. The number of aliphatic hydroxyl groups is 1. The van der Waals surface area contributed by atoms with Crippen LogP contribution in [0.25, 0.3) is 5.76 Å². The van der Waals surface area contributed by atoms with Gasteiger partial charge in [-0.25, -0.2) is 4.39 Å². The van der Waals surface area contributed by atoms with E-state index in [-0.39, 0.29) is 16.9 Å². The average molecular weight is 442 g/mol. The van der Waals surface area contributed by atoms with Crippen molar-refractivity contribution in [1.82, 2.24) is 0 Å². The molecule has 0 bridgehead atoms. The highest BCUT2D eigenvalue weighted by molar-refractivity contribution is 6.51. The van der Waals surface area contributed by atoms with Crippen molar-refractivity contribution in [1.29, 1.82) is 0 Å². The molecule has 0 aromatic heterocycles. The Morgan fingerprint density at radius 3 is 2.39 bits per heavy atom. The normalized spacial score (nSPS) is 19.6. The lowest BCUT2D eigenvalue weighted by atomic mass is 9.88. The predicted octanol–water partition coefficient (Wildman–Crippen LogP) is 5.64. The maximum atomic E-state index is 15.0. The van der Waals surface area contributed by atoms with E-state index in [1.165, 1.54) is 16.5 Å². The topological polar surface area (TPSA) is 57.6 Å². The fourth-order valence-electron chi connectivity index (χ4n) is 4.94. The second-order valence-electron chi connectivity index (χ2n) is 8.67. The van der Waals surface area contributed by atoms with Gasteiger partial charge in [0, 0.05) is 16.8 Å². The van der Waals surface area contributed by atoms with Crippen LogP contribution in [0.1, 0.15) is 46.7 Å². The molecule has 1 aliphatic carbocycles. The number of carbonyl (C=O) groups excluding carboxylic acids is 2. The summed E-state index contributed by atoms with van der Waals surface area (Å²) in [6.45, 7) is 1.83. The number of Topliss-reactive ketones (excluding diaryl/α,β-unsaturated/α-hetero) is 1. The summed E-state index contributed by atoms with van der Waals surface area (Å²) in [7, 11) is 0. The number of rotatable bonds is 3. The highest BCUT2D eigenvalue weighted by Crippen LogP contribution is 2.44. The summed E-state index contributed by atoms with van der Waals surface area (Å²) >= 11 is 0. The van der Waals surface area contributed by atoms with Gasteiger partial charge < -0.3 is 5.11 Å². The van der Waals surface area contributed by atoms with E-state index in [1.54, 1.807) is 36.4 Å². The van der Waals surface area contributed by atoms with Crippen LogP contribution in [0.4, 0.5) is 10.1 Å². The van der Waals surface area contributed by atoms with E-state index < -0.39 is 23.5 Å². The minimum atomic E-state index is -1.07. The largest absolute Gasteiger partial charge is 0.507 e. The van der Waals surface area contributed by atoms with Gasteiger partial charge >= 0.3 is 0 Å². The lowest BCUT2D eigenvalue weighted by Gasteiger charge is -2.27. The fourth-order valence-corrected chi connectivity index (χ4v) is 4.94. The van der Waals surface area contributed by atoms with Crippen LogP contribution in [-0.2, 0) is 22.4 Å². The minimum absolute atomic E-state index is 0.0934. The molecular formula is C28H24FNO3. The van der Waals surface area contributed by atoms with Crippen molar-refractivity contribution in [2.45, 2.75) is 38.6 Å². The predicted molar refractivity (Wildman–Crippen MR) is 125 cm³/mol. The highest BCUT2D eigenvalue weighted by Gasteiger charge is 2.48. The molecule has 33 heavy (non-hydrogen) atoms. The molecule has 5 heteroatoms. The number of anilines is 1. The van der Waals surface area contributed by atoms with Gasteiger partial charge in [-0.1, -0.05) is 48.5 Å². The van der Waals surface area contributed by atoms with Crippen molar-refractivity contribution in [2.75, 3.05) is 4.90 Å². The summed E-state index contributed by atoms with van der Waals surface area (Å²) in [6, 6.07) is 17.8. The zero-order valence-electron chi connectivity index (χ0n) is 18.3. The molecule has 1 N–H and O–H groups in total. The van der Waals surface area contributed by atoms with Crippen molar-refractivity contribution in [2.24, 2.45) is 0 Å². The molecule has 3 aromatic carbocycles. The standard InChI is InChI=1S/C28H24FNO3/c1-17-8-2-7-13-23(17)30-25(21-11-5-6-12-22(21)29)24(27(32)28(30)33)26(31)20-15-14-18-9-3-4-10-19(18)16-20/h2,5-8,11-16,25,31H,3-4,9-10H2,1H3/b26-24+. The van der Waals surface area contributed by atoms with Gasteiger partial charge in [-0.2, -0.15) is 0 Å². The lowest BCUT2D eigenvalue weighted by Crippen LogP contribution is -2.30. The van der Waals surface area contributed by atoms with Crippen LogP contribution in [0.2, 0.25) is 0 Å². The maximum Gasteiger partial charge on any atom is 0.300 e. The van der Waals surface area contributed by atoms with Crippen LogP contribution >= 0.6 is 0 Å². The number of para-hydroxylation sites is 1. The summed E-state index contributed by atoms with van der Waals surface area (Å²) in [5, 5.41) is 11.3. The van der Waals surface area contributed by atoms with E-state index in [9.17, 15) is 19.1 Å². The van der Waals surface area contributed by atoms with Crippen LogP contribution in [0.15, 0.2) is 72.3 Å². The number of benzene rings is 3. The smallest absolute Gasteiger partial charge is 0.300 e. The van der Waals surface area contributed by atoms with E-state index >= 15 is 0 Å². The molecule has 0 saturated carbocycles. The Morgan fingerprint density at radius 2 is 1.64 bits per heavy atom. The summed E-state index contributed by atoms with van der Waals surface area (Å²) in [5.74, 6) is -2.41. The number of aliphatic hydroxyl groups excluding tert-OH is 1. The van der Waals surface area contributed by atoms with Gasteiger partial charge in [0.15, 0.2) is 0 Å². The maximum absolute atomic E-state index is 15.0. The third-order valence-electron chi connectivity index (χ3n) is 6.64. The lowest BCUT2D eigenvalue weighted by molar-refractivity contribution is -0.132. The monoisotopic (exact) mass is 441 g/mol. The first-order valence-electron chi connectivity index (χ1n) is 11.2. The summed E-state index contributed by atoms with van der Waals surface area (Å²) in [4.78, 5) is 27.8. The molecule has 1 saturated heterocycles. The Labute approximate surface area is 192 Å². The minimum Gasteiger partial charge on any atom is -0.507 e. The Kier molecular flexibility index (Phi) is 5.33. The molecule has 1 amide bonds. The van der Waals surface area contributed by atoms with Gasteiger partial charge in [0.2, 0.25) is 0 Å². The number of hydrogen-bond donors (Lipinski definition) is 1. The molecule has 1 aliphatic heterocycles. The van der Waals surface area contributed by atoms with E-state index in [1.807, 2.05) is 31.2 Å². The van der Waals surface area contributed by atoms with Gasteiger partial charge in [-0.15, -0.1) is 0 Å². The Morgan fingerprint density at radius 1 is 0.939 bits per heavy atom. The van der Waals surface area contributed by atoms with Crippen molar-refractivity contribution in [3.63, 3.8) is 0 Å². The molecule has 166 valence electrons. The Hall–Kier alpha value is -3.73. The van der Waals surface area contributed by atoms with Crippen molar-refractivity contribution >= 4 is 23.1 Å². The zero-order valence-corrected chi connectivity index (χ0v) is 18.3. The van der Waals surface area contributed by atoms with Gasteiger partial charge in [-0.3, -0.25) is 14.5 Å². The van der Waals surface area contributed by atoms with E-state index in [2.05, 4.69) is 0 Å². The third-order valence-corrected chi connectivity index (χ3v) is 6.64. The molecular weight excluding hydrogens is 417 g/mol. The molecule has 0 radical (unpaired) electrons. The van der Waals surface area contributed by atoms with Crippen LogP contribution in [-0.4, -0.2) is 16.8 Å². The molecule has 4 nitrogen and oxygen atoms in total. The van der Waals surface area contributed by atoms with E-state index in [0.717, 1.165) is 36.8 Å². The number of amides is 1. The van der Waals surface area contributed by atoms with Gasteiger partial charge in [-0.05, 0) is 67.5 Å². The SMILES string of the molecule is Cc1ccccc1N1C(=O)C(=O)/C(=C(/O)c2ccc3c(c2)CCCC3)C1c1ccccc1F. The number of nitrogens with zero attached hydrogens (tertiary/aromatic N) is 1. The van der Waals surface area contributed by atoms with Crippen molar-refractivity contribution in [3.8, 4) is 0 Å². The van der Waals surface area contributed by atoms with Crippen LogP contribution in [0.5, 0.6) is 0 Å². The number of fused-ring (bicyclic) bond motifs is 1. The zero-order chi connectivity index (χ0) is 23.1. The van der Waals surface area contributed by atoms with Gasteiger partial charge in [0.1, 0.15) is 11.6 Å². The van der Waals surface area contributed by atoms with Crippen LogP contribution in [0.3, 0.4) is 0 Å². The van der Waals surface area contributed by atoms with E-state index in [4.69, 9.17) is 0 Å². The number of carbonyl (C=O) groups is 2. The number of aryl methyl sites for hydroxylation is 3. The number of hydrogen-bond acceptors (Lipinski definition) is 3. The van der Waals surface area contributed by atoms with E-state index in [0.29, 0.717) is 11.3 Å². The fraction of sp³-hybridized carbons (Fsp3) is 0.214. The van der Waals surface area contributed by atoms with Crippen molar-refractivity contribution < 1.29 is 19.1 Å². The number of halogens is 1. The van der Waals surface area contributed by atoms with Gasteiger partial charge in [0.25, 0.3) is 11.7 Å². The van der Waals surface area contributed by atoms with Crippen molar-refractivity contribution in [3.05, 3.63) is 106 Å². The Balaban J connectivity index is 1.73. The summed E-state index contributed by atoms with van der Waals surface area (Å²) in [6.07, 6.45) is 4.10. The summed E-state index contributed by atoms with van der Waals surface area (Å²) < 4.78 is 15.0. The van der Waals surface area contributed by atoms with Crippen LogP contribution in [0, 0.1) is 12.7 Å².